The van der Waals surface area contributed by atoms with Crippen LogP contribution in [0, 0.1) is 13.8 Å². The molecular formula is C27H25N3O3. The number of aromatic nitrogens is 1. The molecule has 0 spiro atoms. The SMILES string of the molecule is CCOC(=O)c1cccc(-n2c(C)cc(/C=N/NC(=O)c3ccc4ccccc4c3)c2C)c1. The molecule has 0 aliphatic rings. The number of carbonyl (C=O) groups excluding carboxylic acids is 2. The van der Waals surface area contributed by atoms with Crippen molar-refractivity contribution in [3.63, 3.8) is 0 Å². The van der Waals surface area contributed by atoms with Gasteiger partial charge in [-0.1, -0.05) is 36.4 Å². The van der Waals surface area contributed by atoms with Crippen LogP contribution >= 0.6 is 0 Å². The average Bonchev–Trinajstić information content (AvgIpc) is 3.11. The fourth-order valence-electron chi connectivity index (χ4n) is 3.86. The van der Waals surface area contributed by atoms with Gasteiger partial charge in [-0.25, -0.2) is 10.2 Å². The minimum Gasteiger partial charge on any atom is -0.462 e. The summed E-state index contributed by atoms with van der Waals surface area (Å²) in [5.74, 6) is -0.618. The third kappa shape index (κ3) is 4.70. The molecule has 6 heteroatoms. The molecule has 4 aromatic rings. The molecule has 166 valence electrons. The number of hydrazone groups is 1. The number of hydrogen-bond donors (Lipinski definition) is 1. The van der Waals surface area contributed by atoms with E-state index in [9.17, 15) is 9.59 Å². The molecule has 0 fully saturated rings. The van der Waals surface area contributed by atoms with Crippen LogP contribution in [-0.2, 0) is 4.74 Å². The zero-order chi connectivity index (χ0) is 23.4. The number of fused-ring (bicyclic) bond motifs is 1. The Kier molecular flexibility index (Phi) is 6.36. The Labute approximate surface area is 192 Å². The van der Waals surface area contributed by atoms with Crippen LogP contribution in [0.5, 0.6) is 0 Å². The van der Waals surface area contributed by atoms with Crippen LogP contribution in [0.2, 0.25) is 0 Å². The van der Waals surface area contributed by atoms with Crippen LogP contribution in [0.3, 0.4) is 0 Å². The van der Waals surface area contributed by atoms with Crippen molar-refractivity contribution in [3.8, 4) is 5.69 Å². The largest absolute Gasteiger partial charge is 0.462 e. The van der Waals surface area contributed by atoms with E-state index in [-0.39, 0.29) is 11.9 Å². The molecule has 0 radical (unpaired) electrons. The molecule has 0 bridgehead atoms. The number of aryl methyl sites for hydroxylation is 1. The standard InChI is InChI=1S/C27H25N3O3/c1-4-33-27(32)23-10-7-11-25(16-23)30-18(2)14-24(19(30)3)17-28-29-26(31)22-13-12-20-8-5-6-9-21(20)15-22/h5-17H,4H2,1-3H3,(H,29,31)/b28-17+. The Morgan fingerprint density at radius 1 is 0.939 bits per heavy atom. The van der Waals surface area contributed by atoms with Crippen molar-refractivity contribution >= 4 is 28.9 Å². The van der Waals surface area contributed by atoms with E-state index in [1.807, 2.05) is 73.0 Å². The van der Waals surface area contributed by atoms with E-state index in [4.69, 9.17) is 4.74 Å². The number of nitrogens with zero attached hydrogens (tertiary/aromatic N) is 2. The minimum atomic E-state index is -0.347. The second kappa shape index (κ2) is 9.53. The lowest BCUT2D eigenvalue weighted by Gasteiger charge is -2.11. The van der Waals surface area contributed by atoms with Gasteiger partial charge in [0.15, 0.2) is 0 Å². The number of hydrogen-bond acceptors (Lipinski definition) is 4. The molecule has 1 amide bonds. The lowest BCUT2D eigenvalue weighted by molar-refractivity contribution is 0.0526. The highest BCUT2D eigenvalue weighted by Crippen LogP contribution is 2.21. The molecule has 1 N–H and O–H groups in total. The summed E-state index contributed by atoms with van der Waals surface area (Å²) in [4.78, 5) is 24.6. The summed E-state index contributed by atoms with van der Waals surface area (Å²) in [5, 5.41) is 6.25. The summed E-state index contributed by atoms with van der Waals surface area (Å²) < 4.78 is 7.15. The van der Waals surface area contributed by atoms with Crippen molar-refractivity contribution in [2.24, 2.45) is 5.10 Å². The van der Waals surface area contributed by atoms with Gasteiger partial charge in [-0.2, -0.15) is 5.10 Å². The summed E-state index contributed by atoms with van der Waals surface area (Å²) >= 11 is 0. The molecule has 1 heterocycles. The second-order valence-electron chi connectivity index (χ2n) is 7.69. The van der Waals surface area contributed by atoms with Gasteiger partial charge in [-0.3, -0.25) is 4.79 Å². The van der Waals surface area contributed by atoms with Crippen LogP contribution in [0.4, 0.5) is 0 Å². The van der Waals surface area contributed by atoms with Gasteiger partial charge in [0.05, 0.1) is 18.4 Å². The van der Waals surface area contributed by atoms with E-state index in [1.165, 1.54) is 0 Å². The molecule has 0 unspecified atom stereocenters. The molecule has 0 aliphatic carbocycles. The first-order chi connectivity index (χ1) is 16.0. The van der Waals surface area contributed by atoms with Crippen molar-refractivity contribution in [1.29, 1.82) is 0 Å². The van der Waals surface area contributed by atoms with Crippen molar-refractivity contribution in [2.45, 2.75) is 20.8 Å². The Morgan fingerprint density at radius 3 is 2.52 bits per heavy atom. The zero-order valence-corrected chi connectivity index (χ0v) is 18.8. The summed E-state index contributed by atoms with van der Waals surface area (Å²) in [7, 11) is 0. The minimum absolute atomic E-state index is 0.270. The number of carbonyl (C=O) groups is 2. The number of benzene rings is 3. The summed E-state index contributed by atoms with van der Waals surface area (Å²) in [6, 6.07) is 22.7. The van der Waals surface area contributed by atoms with Gasteiger partial charge in [0.1, 0.15) is 0 Å². The van der Waals surface area contributed by atoms with Gasteiger partial charge in [0, 0.05) is 28.2 Å². The molecule has 1 aromatic heterocycles. The molecule has 6 nitrogen and oxygen atoms in total. The maximum Gasteiger partial charge on any atom is 0.338 e. The Bertz CT molecular complexity index is 1370. The highest BCUT2D eigenvalue weighted by atomic mass is 16.5. The van der Waals surface area contributed by atoms with Crippen molar-refractivity contribution in [1.82, 2.24) is 9.99 Å². The van der Waals surface area contributed by atoms with E-state index >= 15 is 0 Å². The average molecular weight is 440 g/mol. The van der Waals surface area contributed by atoms with Crippen molar-refractivity contribution in [2.75, 3.05) is 6.61 Å². The number of ether oxygens (including phenoxy) is 1. The van der Waals surface area contributed by atoms with Gasteiger partial charge in [0.2, 0.25) is 0 Å². The molecule has 4 rings (SSSR count). The highest BCUT2D eigenvalue weighted by Gasteiger charge is 2.13. The zero-order valence-electron chi connectivity index (χ0n) is 18.8. The lowest BCUT2D eigenvalue weighted by atomic mass is 10.1. The highest BCUT2D eigenvalue weighted by molar-refractivity contribution is 5.99. The monoisotopic (exact) mass is 439 g/mol. The summed E-state index contributed by atoms with van der Waals surface area (Å²) in [5.41, 5.74) is 7.30. The Balaban J connectivity index is 1.52. The van der Waals surface area contributed by atoms with Gasteiger partial charge < -0.3 is 9.30 Å². The smallest absolute Gasteiger partial charge is 0.338 e. The lowest BCUT2D eigenvalue weighted by Crippen LogP contribution is -2.17. The van der Waals surface area contributed by atoms with Crippen LogP contribution in [0.1, 0.15) is 44.6 Å². The van der Waals surface area contributed by atoms with Crippen LogP contribution in [0.25, 0.3) is 16.5 Å². The topological polar surface area (TPSA) is 72.7 Å². The maximum absolute atomic E-state index is 12.5. The molecule has 0 saturated carbocycles. The van der Waals surface area contributed by atoms with Gasteiger partial charge in [-0.15, -0.1) is 0 Å². The second-order valence-corrected chi connectivity index (χ2v) is 7.69. The third-order valence-corrected chi connectivity index (χ3v) is 5.47. The maximum atomic E-state index is 12.5. The first-order valence-corrected chi connectivity index (χ1v) is 10.8. The predicted octanol–water partition coefficient (Wildman–Crippen LogP) is 5.19. The molecule has 3 aromatic carbocycles. The normalized spacial score (nSPS) is 11.1. The Hall–Kier alpha value is -4.19. The first kappa shape index (κ1) is 22.0. The van der Waals surface area contributed by atoms with E-state index in [0.29, 0.717) is 17.7 Å². The molecule has 0 aliphatic heterocycles. The number of esters is 1. The fraction of sp³-hybridized carbons (Fsp3) is 0.148. The van der Waals surface area contributed by atoms with Gasteiger partial charge in [-0.05, 0) is 67.9 Å². The number of rotatable bonds is 6. The summed E-state index contributed by atoms with van der Waals surface area (Å²) in [6.45, 7) is 6.06. The van der Waals surface area contributed by atoms with Gasteiger partial charge in [0.25, 0.3) is 5.91 Å². The number of amides is 1. The number of nitrogens with one attached hydrogen (secondary N) is 1. The fourth-order valence-corrected chi connectivity index (χ4v) is 3.86. The van der Waals surface area contributed by atoms with Crippen molar-refractivity contribution < 1.29 is 14.3 Å². The third-order valence-electron chi connectivity index (χ3n) is 5.47. The van der Waals surface area contributed by atoms with E-state index in [1.54, 1.807) is 31.3 Å². The molecule has 0 atom stereocenters. The van der Waals surface area contributed by atoms with Crippen LogP contribution in [0.15, 0.2) is 77.9 Å². The predicted molar refractivity (Wildman–Crippen MR) is 130 cm³/mol. The molecule has 33 heavy (non-hydrogen) atoms. The Morgan fingerprint density at radius 2 is 1.73 bits per heavy atom. The van der Waals surface area contributed by atoms with E-state index < -0.39 is 0 Å². The quantitative estimate of drug-likeness (QED) is 0.255. The molecular weight excluding hydrogens is 414 g/mol. The van der Waals surface area contributed by atoms with Crippen LogP contribution in [-0.4, -0.2) is 29.3 Å². The van der Waals surface area contributed by atoms with E-state index in [2.05, 4.69) is 10.5 Å². The van der Waals surface area contributed by atoms with Gasteiger partial charge >= 0.3 is 5.97 Å². The molecule has 0 saturated heterocycles. The van der Waals surface area contributed by atoms with E-state index in [0.717, 1.165) is 33.4 Å². The van der Waals surface area contributed by atoms with Crippen molar-refractivity contribution in [3.05, 3.63) is 101 Å². The van der Waals surface area contributed by atoms with Crippen LogP contribution < -0.4 is 5.43 Å². The first-order valence-electron chi connectivity index (χ1n) is 10.8. The summed E-state index contributed by atoms with van der Waals surface area (Å²) in [6.07, 6.45) is 1.63.